The summed E-state index contributed by atoms with van der Waals surface area (Å²) >= 11 is 0. The number of aryl methyl sites for hydroxylation is 1. The average molecular weight is 368 g/mol. The third-order valence-electron chi connectivity index (χ3n) is 3.86. The highest BCUT2D eigenvalue weighted by molar-refractivity contribution is 5.85. The normalized spacial score (nSPS) is 13.7. The second-order valence-electron chi connectivity index (χ2n) is 6.63. The molecular formula is C15H31Cl2N5O. The minimum atomic E-state index is -0.378. The number of carbonyl (C=O) groups is 1. The lowest BCUT2D eigenvalue weighted by atomic mass is 9.84. The summed E-state index contributed by atoms with van der Waals surface area (Å²) in [6, 6.07) is -0.309. The number of carbonyl (C=O) groups excluding carboxylic acids is 1. The van der Waals surface area contributed by atoms with E-state index in [0.717, 1.165) is 12.1 Å². The van der Waals surface area contributed by atoms with Crippen molar-refractivity contribution in [3.63, 3.8) is 0 Å². The smallest absolute Gasteiger partial charge is 0.242 e. The molecule has 0 aliphatic rings. The van der Waals surface area contributed by atoms with Crippen LogP contribution in [0.3, 0.4) is 0 Å². The van der Waals surface area contributed by atoms with Gasteiger partial charge in [-0.15, -0.1) is 24.8 Å². The van der Waals surface area contributed by atoms with Crippen molar-refractivity contribution in [3.05, 3.63) is 18.0 Å². The van der Waals surface area contributed by atoms with E-state index in [-0.39, 0.29) is 48.2 Å². The summed E-state index contributed by atoms with van der Waals surface area (Å²) in [4.78, 5) is 14.6. The summed E-state index contributed by atoms with van der Waals surface area (Å²) in [6.07, 6.45) is 3.58. The first-order valence-electron chi connectivity index (χ1n) is 7.28. The molecule has 0 aliphatic heterocycles. The molecule has 2 unspecified atom stereocenters. The summed E-state index contributed by atoms with van der Waals surface area (Å²) in [5.74, 6) is -0.0233. The predicted octanol–water partition coefficient (Wildman–Crippen LogP) is 1.62. The number of amides is 1. The van der Waals surface area contributed by atoms with Gasteiger partial charge in [0, 0.05) is 31.4 Å². The van der Waals surface area contributed by atoms with Crippen molar-refractivity contribution in [2.75, 3.05) is 27.7 Å². The Morgan fingerprint density at radius 1 is 1.39 bits per heavy atom. The van der Waals surface area contributed by atoms with Gasteiger partial charge in [0.1, 0.15) is 6.04 Å². The molecule has 6 nitrogen and oxygen atoms in total. The third-order valence-corrected chi connectivity index (χ3v) is 3.86. The van der Waals surface area contributed by atoms with Crippen LogP contribution in [0.15, 0.2) is 12.4 Å². The Balaban J connectivity index is 0. The van der Waals surface area contributed by atoms with Crippen molar-refractivity contribution < 1.29 is 4.79 Å². The SMILES string of the molecule is CNC(C(=O)NC(C)C(C)(C)CN(C)C)c1cnn(C)c1.Cl.Cl. The first-order valence-corrected chi connectivity index (χ1v) is 7.28. The lowest BCUT2D eigenvalue weighted by Gasteiger charge is -2.35. The van der Waals surface area contributed by atoms with Gasteiger partial charge in [-0.25, -0.2) is 0 Å². The largest absolute Gasteiger partial charge is 0.351 e. The Bertz CT molecular complexity index is 476. The van der Waals surface area contributed by atoms with Crippen molar-refractivity contribution >= 4 is 30.7 Å². The maximum absolute atomic E-state index is 12.5. The first-order chi connectivity index (χ1) is 9.67. The third kappa shape index (κ3) is 7.08. The van der Waals surface area contributed by atoms with Crippen LogP contribution in [0.1, 0.15) is 32.4 Å². The van der Waals surface area contributed by atoms with Crippen LogP contribution in [0.4, 0.5) is 0 Å². The number of rotatable bonds is 7. The van der Waals surface area contributed by atoms with Crippen LogP contribution < -0.4 is 10.6 Å². The summed E-state index contributed by atoms with van der Waals surface area (Å²) in [7, 11) is 7.72. The molecule has 8 heteroatoms. The van der Waals surface area contributed by atoms with E-state index in [2.05, 4.69) is 41.4 Å². The van der Waals surface area contributed by atoms with Crippen molar-refractivity contribution in [2.24, 2.45) is 12.5 Å². The monoisotopic (exact) mass is 367 g/mol. The Kier molecular flexibility index (Phi) is 10.8. The maximum atomic E-state index is 12.5. The summed E-state index contributed by atoms with van der Waals surface area (Å²) < 4.78 is 1.70. The lowest BCUT2D eigenvalue weighted by Crippen LogP contribution is -2.50. The Morgan fingerprint density at radius 2 is 1.96 bits per heavy atom. The van der Waals surface area contributed by atoms with Gasteiger partial charge in [-0.1, -0.05) is 13.8 Å². The van der Waals surface area contributed by atoms with Crippen molar-refractivity contribution in [3.8, 4) is 0 Å². The molecule has 0 saturated carbocycles. The molecule has 0 aromatic carbocycles. The number of hydrogen-bond donors (Lipinski definition) is 2. The van der Waals surface area contributed by atoms with Gasteiger partial charge in [-0.05, 0) is 33.5 Å². The van der Waals surface area contributed by atoms with Gasteiger partial charge in [0.2, 0.25) is 5.91 Å². The van der Waals surface area contributed by atoms with Crippen molar-refractivity contribution in [2.45, 2.75) is 32.9 Å². The zero-order chi connectivity index (χ0) is 16.2. The molecule has 2 atom stereocenters. The molecule has 0 aliphatic carbocycles. The van der Waals surface area contributed by atoms with Crippen LogP contribution in [0.5, 0.6) is 0 Å². The molecule has 0 radical (unpaired) electrons. The Labute approximate surface area is 152 Å². The maximum Gasteiger partial charge on any atom is 0.242 e. The van der Waals surface area contributed by atoms with Crippen molar-refractivity contribution in [1.82, 2.24) is 25.3 Å². The molecule has 1 aromatic rings. The van der Waals surface area contributed by atoms with E-state index in [9.17, 15) is 4.79 Å². The van der Waals surface area contributed by atoms with Gasteiger partial charge in [-0.3, -0.25) is 9.48 Å². The molecule has 2 N–H and O–H groups in total. The Morgan fingerprint density at radius 3 is 2.35 bits per heavy atom. The fraction of sp³-hybridized carbons (Fsp3) is 0.733. The summed E-state index contributed by atoms with van der Waals surface area (Å²) in [6.45, 7) is 7.29. The van der Waals surface area contributed by atoms with Gasteiger partial charge >= 0.3 is 0 Å². The second kappa shape index (κ2) is 10.1. The lowest BCUT2D eigenvalue weighted by molar-refractivity contribution is -0.124. The van der Waals surface area contributed by atoms with Crippen LogP contribution in [-0.2, 0) is 11.8 Å². The molecule has 1 heterocycles. The van der Waals surface area contributed by atoms with Gasteiger partial charge in [0.15, 0.2) is 0 Å². The highest BCUT2D eigenvalue weighted by Crippen LogP contribution is 2.22. The second-order valence-corrected chi connectivity index (χ2v) is 6.63. The molecule has 0 bridgehead atoms. The average Bonchev–Trinajstić information content (AvgIpc) is 2.74. The number of likely N-dealkylation sites (N-methyl/N-ethyl adjacent to an activating group) is 1. The fourth-order valence-electron chi connectivity index (χ4n) is 2.48. The molecule has 23 heavy (non-hydrogen) atoms. The Hall–Kier alpha value is -0.820. The zero-order valence-corrected chi connectivity index (χ0v) is 16.7. The number of halogens is 2. The van der Waals surface area contributed by atoms with E-state index < -0.39 is 0 Å². The molecule has 0 spiro atoms. The van der Waals surface area contributed by atoms with E-state index in [1.165, 1.54) is 0 Å². The highest BCUT2D eigenvalue weighted by Gasteiger charge is 2.30. The van der Waals surface area contributed by atoms with Crippen LogP contribution in [-0.4, -0.2) is 54.3 Å². The van der Waals surface area contributed by atoms with Crippen LogP contribution >= 0.6 is 24.8 Å². The number of aromatic nitrogens is 2. The van der Waals surface area contributed by atoms with Crippen molar-refractivity contribution in [1.29, 1.82) is 0 Å². The van der Waals surface area contributed by atoms with Gasteiger partial charge in [0.25, 0.3) is 0 Å². The topological polar surface area (TPSA) is 62.2 Å². The number of nitrogens with one attached hydrogen (secondary N) is 2. The molecule has 1 aromatic heterocycles. The van der Waals surface area contributed by atoms with E-state index in [1.807, 2.05) is 27.3 Å². The predicted molar refractivity (Wildman–Crippen MR) is 99.4 cm³/mol. The van der Waals surface area contributed by atoms with E-state index in [0.29, 0.717) is 0 Å². The van der Waals surface area contributed by atoms with Crippen LogP contribution in [0.2, 0.25) is 0 Å². The van der Waals surface area contributed by atoms with Crippen LogP contribution in [0.25, 0.3) is 0 Å². The van der Waals surface area contributed by atoms with Gasteiger partial charge in [-0.2, -0.15) is 5.10 Å². The number of hydrogen-bond acceptors (Lipinski definition) is 4. The van der Waals surface area contributed by atoms with Gasteiger partial charge < -0.3 is 15.5 Å². The molecule has 0 fully saturated rings. The first kappa shape index (κ1) is 24.4. The van der Waals surface area contributed by atoms with Crippen LogP contribution in [0, 0.1) is 5.41 Å². The standard InChI is InChI=1S/C15H29N5O.2ClH/c1-11(15(2,3)10-19(5)6)18-14(21)13(16-4)12-8-17-20(7)9-12;;/h8-9,11,13,16H,10H2,1-7H3,(H,18,21);2*1H. The molecular weight excluding hydrogens is 337 g/mol. The quantitative estimate of drug-likeness (QED) is 0.768. The number of nitrogens with zero attached hydrogens (tertiary/aromatic N) is 3. The summed E-state index contributed by atoms with van der Waals surface area (Å²) in [5, 5.41) is 10.3. The minimum Gasteiger partial charge on any atom is -0.351 e. The molecule has 136 valence electrons. The van der Waals surface area contributed by atoms with Gasteiger partial charge in [0.05, 0.1) is 6.20 Å². The molecule has 1 rings (SSSR count). The summed E-state index contributed by atoms with van der Waals surface area (Å²) in [5.41, 5.74) is 0.863. The fourth-order valence-corrected chi connectivity index (χ4v) is 2.48. The van der Waals surface area contributed by atoms with E-state index in [1.54, 1.807) is 17.9 Å². The molecule has 1 amide bonds. The molecule has 0 saturated heterocycles. The highest BCUT2D eigenvalue weighted by atomic mass is 35.5. The zero-order valence-electron chi connectivity index (χ0n) is 15.1. The van der Waals surface area contributed by atoms with E-state index in [4.69, 9.17) is 0 Å². The minimum absolute atomic E-state index is 0. The van der Waals surface area contributed by atoms with E-state index >= 15 is 0 Å².